The minimum atomic E-state index is -4.35. The summed E-state index contributed by atoms with van der Waals surface area (Å²) in [6.07, 6.45) is -3.59. The summed E-state index contributed by atoms with van der Waals surface area (Å²) < 4.78 is 38.9. The maximum absolute atomic E-state index is 13.0. The van der Waals surface area contributed by atoms with E-state index < -0.39 is 11.7 Å². The quantitative estimate of drug-likeness (QED) is 0.659. The highest BCUT2D eigenvalue weighted by molar-refractivity contribution is 8.00. The van der Waals surface area contributed by atoms with Crippen molar-refractivity contribution in [2.45, 2.75) is 22.9 Å². The van der Waals surface area contributed by atoms with Crippen LogP contribution in [0.3, 0.4) is 0 Å². The van der Waals surface area contributed by atoms with Crippen LogP contribution in [-0.4, -0.2) is 67.6 Å². The number of anilines is 2. The number of thioether (sulfide) groups is 1. The van der Waals surface area contributed by atoms with Gasteiger partial charge in [-0.1, -0.05) is 17.8 Å². The zero-order valence-electron chi connectivity index (χ0n) is 18.3. The van der Waals surface area contributed by atoms with E-state index in [-0.39, 0.29) is 23.6 Å². The highest BCUT2D eigenvalue weighted by atomic mass is 32.2. The summed E-state index contributed by atoms with van der Waals surface area (Å²) in [7, 11) is 2.01. The van der Waals surface area contributed by atoms with Crippen molar-refractivity contribution in [2.24, 2.45) is 0 Å². The predicted octanol–water partition coefficient (Wildman–Crippen LogP) is 3.61. The molecule has 10 heteroatoms. The summed E-state index contributed by atoms with van der Waals surface area (Å²) in [5.41, 5.74) is 0.988. The molecule has 178 valence electrons. The van der Waals surface area contributed by atoms with E-state index in [0.29, 0.717) is 38.4 Å². The number of alkyl halides is 3. The molecule has 1 unspecified atom stereocenters. The molecule has 2 heterocycles. The third-order valence-corrected chi connectivity index (χ3v) is 7.41. The molecule has 0 aliphatic carbocycles. The van der Waals surface area contributed by atoms with Crippen molar-refractivity contribution in [1.82, 2.24) is 10.2 Å². The molecule has 2 aliphatic rings. The molecule has 1 fully saturated rings. The number of phenolic OH excluding ortho intramolecular Hbond substituents is 1. The minimum absolute atomic E-state index is 0.0525. The third-order valence-electron chi connectivity index (χ3n) is 6.01. The van der Waals surface area contributed by atoms with Gasteiger partial charge < -0.3 is 20.2 Å². The molecule has 1 saturated heterocycles. The zero-order chi connectivity index (χ0) is 23.6. The van der Waals surface area contributed by atoms with Crippen LogP contribution in [-0.2, 0) is 11.0 Å². The highest BCUT2D eigenvalue weighted by Gasteiger charge is 2.31. The second kappa shape index (κ2) is 9.72. The maximum atomic E-state index is 13.0. The number of fused-ring (bicyclic) bond motifs is 1. The molecule has 33 heavy (non-hydrogen) atoms. The lowest BCUT2D eigenvalue weighted by Crippen LogP contribution is -2.49. The smallest absolute Gasteiger partial charge is 0.416 e. The van der Waals surface area contributed by atoms with Crippen molar-refractivity contribution >= 4 is 29.0 Å². The molecular formula is C23H27F3N4O2S. The molecule has 0 bridgehead atoms. The van der Waals surface area contributed by atoms with E-state index >= 15 is 0 Å². The fourth-order valence-electron chi connectivity index (χ4n) is 4.16. The number of nitrogens with zero attached hydrogens (tertiary/aromatic N) is 3. The van der Waals surface area contributed by atoms with Crippen LogP contribution in [0, 0.1) is 0 Å². The molecule has 4 rings (SSSR count). The standard InChI is InChI=1S/C23H27F3N4O2S/c1-28-19-6-5-18(31)14-20(19)33-22(28)7-8-27-21(32)15-29-9-11-30(12-10-29)17-4-2-3-16(13-17)23(24,25)26/h2-6,13-14,22,31H,7-12,15H2,1H3,(H,27,32). The normalized spacial score (nSPS) is 19.0. The molecule has 2 aromatic rings. The lowest BCUT2D eigenvalue weighted by Gasteiger charge is -2.36. The third kappa shape index (κ3) is 5.67. The van der Waals surface area contributed by atoms with Crippen LogP contribution in [0.2, 0.25) is 0 Å². The minimum Gasteiger partial charge on any atom is -0.508 e. The van der Waals surface area contributed by atoms with Gasteiger partial charge in [0.25, 0.3) is 0 Å². The Morgan fingerprint density at radius 2 is 1.91 bits per heavy atom. The summed E-state index contributed by atoms with van der Waals surface area (Å²) in [6, 6.07) is 10.7. The van der Waals surface area contributed by atoms with E-state index in [9.17, 15) is 23.1 Å². The van der Waals surface area contributed by atoms with Gasteiger partial charge in [-0.2, -0.15) is 13.2 Å². The van der Waals surface area contributed by atoms with Crippen LogP contribution in [0.4, 0.5) is 24.5 Å². The number of carbonyl (C=O) groups excluding carboxylic acids is 1. The van der Waals surface area contributed by atoms with E-state index in [0.717, 1.165) is 23.1 Å². The van der Waals surface area contributed by atoms with Gasteiger partial charge in [0, 0.05) is 50.4 Å². The van der Waals surface area contributed by atoms with Crippen LogP contribution in [0.25, 0.3) is 0 Å². The van der Waals surface area contributed by atoms with Gasteiger partial charge in [-0.25, -0.2) is 0 Å². The topological polar surface area (TPSA) is 59.1 Å². The van der Waals surface area contributed by atoms with E-state index in [1.165, 1.54) is 12.1 Å². The van der Waals surface area contributed by atoms with Crippen LogP contribution in [0.15, 0.2) is 47.4 Å². The molecule has 6 nitrogen and oxygen atoms in total. The molecule has 0 radical (unpaired) electrons. The number of aromatic hydroxyl groups is 1. The van der Waals surface area contributed by atoms with Crippen molar-refractivity contribution < 1.29 is 23.1 Å². The van der Waals surface area contributed by atoms with Crippen LogP contribution >= 0.6 is 11.8 Å². The summed E-state index contributed by atoms with van der Waals surface area (Å²) in [5, 5.41) is 12.8. The van der Waals surface area contributed by atoms with Gasteiger partial charge in [-0.3, -0.25) is 9.69 Å². The number of benzene rings is 2. The monoisotopic (exact) mass is 480 g/mol. The van der Waals surface area contributed by atoms with Crippen molar-refractivity contribution in [1.29, 1.82) is 0 Å². The first-order valence-electron chi connectivity index (χ1n) is 10.8. The molecular weight excluding hydrogens is 453 g/mol. The van der Waals surface area contributed by atoms with Gasteiger partial charge in [0.05, 0.1) is 23.2 Å². The number of halogens is 3. The van der Waals surface area contributed by atoms with Crippen LogP contribution < -0.4 is 15.1 Å². The molecule has 0 aromatic heterocycles. The second-order valence-electron chi connectivity index (χ2n) is 8.29. The van der Waals surface area contributed by atoms with Gasteiger partial charge in [0.15, 0.2) is 0 Å². The summed E-state index contributed by atoms with van der Waals surface area (Å²) in [5.74, 6) is 0.195. The van der Waals surface area contributed by atoms with Crippen LogP contribution in [0.5, 0.6) is 5.75 Å². The number of carbonyl (C=O) groups is 1. The van der Waals surface area contributed by atoms with E-state index in [1.54, 1.807) is 30.0 Å². The number of phenols is 1. The second-order valence-corrected chi connectivity index (χ2v) is 9.51. The highest BCUT2D eigenvalue weighted by Crippen LogP contribution is 2.44. The number of amides is 1. The molecule has 0 spiro atoms. The molecule has 1 amide bonds. The fraction of sp³-hybridized carbons (Fsp3) is 0.435. The predicted molar refractivity (Wildman–Crippen MR) is 124 cm³/mol. The Hall–Kier alpha value is -2.59. The first kappa shape index (κ1) is 23.6. The summed E-state index contributed by atoms with van der Waals surface area (Å²) >= 11 is 1.67. The van der Waals surface area contributed by atoms with Gasteiger partial charge in [0.1, 0.15) is 5.75 Å². The Balaban J connectivity index is 1.19. The fourth-order valence-corrected chi connectivity index (χ4v) is 5.48. The number of hydrogen-bond acceptors (Lipinski definition) is 6. The zero-order valence-corrected chi connectivity index (χ0v) is 19.1. The average Bonchev–Trinajstić information content (AvgIpc) is 3.08. The van der Waals surface area contributed by atoms with Crippen molar-refractivity contribution in [3.63, 3.8) is 0 Å². The van der Waals surface area contributed by atoms with E-state index in [1.807, 2.05) is 22.9 Å². The molecule has 1 atom stereocenters. The lowest BCUT2D eigenvalue weighted by atomic mass is 10.1. The Bertz CT molecular complexity index is 996. The van der Waals surface area contributed by atoms with Crippen molar-refractivity contribution in [3.05, 3.63) is 48.0 Å². The number of piperazine rings is 1. The van der Waals surface area contributed by atoms with E-state index in [2.05, 4.69) is 10.2 Å². The molecule has 0 saturated carbocycles. The maximum Gasteiger partial charge on any atom is 0.416 e. The average molecular weight is 481 g/mol. The van der Waals surface area contributed by atoms with Gasteiger partial charge in [-0.05, 0) is 42.8 Å². The van der Waals surface area contributed by atoms with Gasteiger partial charge >= 0.3 is 6.18 Å². The van der Waals surface area contributed by atoms with Crippen molar-refractivity contribution in [2.75, 3.05) is 56.1 Å². The lowest BCUT2D eigenvalue weighted by molar-refractivity contribution is -0.137. The number of rotatable bonds is 6. The largest absolute Gasteiger partial charge is 0.508 e. The van der Waals surface area contributed by atoms with Gasteiger partial charge in [0.2, 0.25) is 5.91 Å². The number of hydrogen-bond donors (Lipinski definition) is 2. The van der Waals surface area contributed by atoms with Gasteiger partial charge in [-0.15, -0.1) is 0 Å². The van der Waals surface area contributed by atoms with Crippen molar-refractivity contribution in [3.8, 4) is 5.75 Å². The van der Waals surface area contributed by atoms with E-state index in [4.69, 9.17) is 0 Å². The Kier molecular flexibility index (Phi) is 6.94. The SMILES string of the molecule is CN1c2ccc(O)cc2SC1CCNC(=O)CN1CCN(c2cccc(C(F)(F)F)c2)CC1. The molecule has 2 aromatic carbocycles. The Morgan fingerprint density at radius 3 is 2.64 bits per heavy atom. The first-order valence-corrected chi connectivity index (χ1v) is 11.7. The molecule has 2 N–H and O–H groups in total. The summed E-state index contributed by atoms with van der Waals surface area (Å²) in [4.78, 5) is 19.5. The first-order chi connectivity index (χ1) is 15.7. The Morgan fingerprint density at radius 1 is 1.15 bits per heavy atom. The summed E-state index contributed by atoms with van der Waals surface area (Å²) in [6.45, 7) is 3.20. The molecule has 2 aliphatic heterocycles. The van der Waals surface area contributed by atoms with Crippen LogP contribution in [0.1, 0.15) is 12.0 Å². The number of nitrogens with one attached hydrogen (secondary N) is 1. The Labute approximate surface area is 195 Å².